The molecule has 4 heteroatoms. The second kappa shape index (κ2) is 7.41. The first-order chi connectivity index (χ1) is 10.6. The first kappa shape index (κ1) is 18.9. The summed E-state index contributed by atoms with van der Waals surface area (Å²) in [6, 6.07) is 4.00. The fraction of sp³-hybridized carbons (Fsp3) is 0.368. The number of rotatable bonds is 4. The van der Waals surface area contributed by atoms with Crippen LogP contribution in [0.2, 0.25) is 0 Å². The van der Waals surface area contributed by atoms with Crippen LogP contribution in [0.4, 0.5) is 13.2 Å². The van der Waals surface area contributed by atoms with Crippen LogP contribution in [0, 0.1) is 12.3 Å². The average molecular weight is 322 g/mol. The van der Waals surface area contributed by atoms with Gasteiger partial charge in [-0.3, -0.25) is 0 Å². The maximum atomic E-state index is 13.2. The molecule has 0 N–H and O–H groups in total. The summed E-state index contributed by atoms with van der Waals surface area (Å²) in [6.45, 7) is 7.57. The molecule has 1 rings (SSSR count). The van der Waals surface area contributed by atoms with E-state index in [0.717, 1.165) is 11.6 Å². The Morgan fingerprint density at radius 1 is 1.26 bits per heavy atom. The summed E-state index contributed by atoms with van der Waals surface area (Å²) in [7, 11) is 0. The van der Waals surface area contributed by atoms with Gasteiger partial charge in [0.1, 0.15) is 12.4 Å². The molecule has 0 aromatic heterocycles. The number of benzene rings is 1. The molecule has 0 atom stereocenters. The van der Waals surface area contributed by atoms with E-state index in [0.29, 0.717) is 5.57 Å². The van der Waals surface area contributed by atoms with Crippen LogP contribution in [0.15, 0.2) is 42.0 Å². The second-order valence-corrected chi connectivity index (χ2v) is 6.13. The number of terminal acetylenes is 1. The largest absolute Gasteiger partial charge is 0.488 e. The first-order valence-corrected chi connectivity index (χ1v) is 7.22. The third-order valence-corrected chi connectivity index (χ3v) is 3.20. The lowest BCUT2D eigenvalue weighted by molar-refractivity contribution is -0.138. The number of halogens is 3. The fourth-order valence-electron chi connectivity index (χ4n) is 1.96. The van der Waals surface area contributed by atoms with Crippen molar-refractivity contribution in [1.29, 1.82) is 0 Å². The van der Waals surface area contributed by atoms with E-state index in [9.17, 15) is 13.2 Å². The van der Waals surface area contributed by atoms with Crippen molar-refractivity contribution in [3.63, 3.8) is 0 Å². The minimum absolute atomic E-state index is 0.0226. The highest BCUT2D eigenvalue weighted by Crippen LogP contribution is 2.38. The van der Waals surface area contributed by atoms with Gasteiger partial charge in [0.2, 0.25) is 0 Å². The summed E-state index contributed by atoms with van der Waals surface area (Å²) in [5.41, 5.74) is 0.340. The van der Waals surface area contributed by atoms with Crippen LogP contribution in [-0.4, -0.2) is 6.61 Å². The highest BCUT2D eigenvalue weighted by molar-refractivity contribution is 5.42. The molecule has 0 spiro atoms. The molecule has 0 saturated carbocycles. The van der Waals surface area contributed by atoms with Gasteiger partial charge >= 0.3 is 6.18 Å². The number of hydrogen-bond acceptors (Lipinski definition) is 1. The standard InChI is InChI=1S/C19H21F3O/c1-6-8-14(9-7-2)13-23-17-12-15(18(3,4)5)10-11-16(17)19(20,21)22/h1,7-12H,13H2,2-5H3/b9-7-,14-8+. The molecule has 0 aliphatic carbocycles. The van der Waals surface area contributed by atoms with Gasteiger partial charge in [-0.1, -0.05) is 44.9 Å². The van der Waals surface area contributed by atoms with Crippen LogP contribution >= 0.6 is 0 Å². The van der Waals surface area contributed by atoms with Crippen LogP contribution in [0.25, 0.3) is 0 Å². The van der Waals surface area contributed by atoms with Gasteiger partial charge in [-0.05, 0) is 41.7 Å². The zero-order valence-corrected chi connectivity index (χ0v) is 13.8. The summed E-state index contributed by atoms with van der Waals surface area (Å²) in [5.74, 6) is 2.17. The fourth-order valence-corrected chi connectivity index (χ4v) is 1.96. The molecule has 0 saturated heterocycles. The highest BCUT2D eigenvalue weighted by Gasteiger charge is 2.35. The predicted molar refractivity (Wildman–Crippen MR) is 87.4 cm³/mol. The number of ether oxygens (including phenoxy) is 1. The molecule has 23 heavy (non-hydrogen) atoms. The van der Waals surface area contributed by atoms with Gasteiger partial charge in [-0.15, -0.1) is 6.42 Å². The minimum Gasteiger partial charge on any atom is -0.488 e. The van der Waals surface area contributed by atoms with Crippen molar-refractivity contribution in [3.8, 4) is 18.1 Å². The average Bonchev–Trinajstić information content (AvgIpc) is 2.43. The van der Waals surface area contributed by atoms with Crippen LogP contribution in [-0.2, 0) is 11.6 Å². The Hall–Kier alpha value is -2.15. The Morgan fingerprint density at radius 2 is 1.91 bits per heavy atom. The molecule has 1 aromatic carbocycles. The summed E-state index contributed by atoms with van der Waals surface area (Å²) in [5, 5.41) is 0. The number of allylic oxidation sites excluding steroid dienone is 2. The molecular weight excluding hydrogens is 301 g/mol. The normalized spacial score (nSPS) is 13.2. The zero-order chi connectivity index (χ0) is 17.7. The molecule has 124 valence electrons. The van der Waals surface area contributed by atoms with Gasteiger partial charge in [0.25, 0.3) is 0 Å². The quantitative estimate of drug-likeness (QED) is 0.524. The number of hydrogen-bond donors (Lipinski definition) is 0. The zero-order valence-electron chi connectivity index (χ0n) is 13.8. The molecule has 1 nitrogen and oxygen atoms in total. The Balaban J connectivity index is 3.21. The smallest absolute Gasteiger partial charge is 0.419 e. The van der Waals surface area contributed by atoms with Gasteiger partial charge in [0.15, 0.2) is 0 Å². The van der Waals surface area contributed by atoms with Crippen molar-refractivity contribution in [2.75, 3.05) is 6.61 Å². The van der Waals surface area contributed by atoms with E-state index in [1.165, 1.54) is 18.2 Å². The summed E-state index contributed by atoms with van der Waals surface area (Å²) < 4.78 is 44.9. The van der Waals surface area contributed by atoms with Crippen molar-refractivity contribution < 1.29 is 17.9 Å². The molecule has 0 heterocycles. The molecule has 0 bridgehead atoms. The lowest BCUT2D eigenvalue weighted by Crippen LogP contribution is -2.15. The van der Waals surface area contributed by atoms with Gasteiger partial charge in [0, 0.05) is 0 Å². The first-order valence-electron chi connectivity index (χ1n) is 7.22. The number of alkyl halides is 3. The third-order valence-electron chi connectivity index (χ3n) is 3.20. The van der Waals surface area contributed by atoms with Gasteiger partial charge in [-0.25, -0.2) is 0 Å². The Bertz CT molecular complexity index is 638. The monoisotopic (exact) mass is 322 g/mol. The van der Waals surface area contributed by atoms with Crippen LogP contribution in [0.1, 0.15) is 38.8 Å². The Kier molecular flexibility index (Phi) is 6.09. The lowest BCUT2D eigenvalue weighted by Gasteiger charge is -2.22. The summed E-state index contributed by atoms with van der Waals surface area (Å²) in [6.07, 6.45) is 5.68. The van der Waals surface area contributed by atoms with Crippen molar-refractivity contribution in [2.45, 2.75) is 39.3 Å². The van der Waals surface area contributed by atoms with Gasteiger partial charge in [0.05, 0.1) is 5.56 Å². The molecule has 0 unspecified atom stereocenters. The molecule has 1 aromatic rings. The van der Waals surface area contributed by atoms with E-state index in [1.807, 2.05) is 20.8 Å². The molecule has 0 fully saturated rings. The van der Waals surface area contributed by atoms with Crippen molar-refractivity contribution in [2.24, 2.45) is 0 Å². The van der Waals surface area contributed by atoms with E-state index in [1.54, 1.807) is 19.1 Å². The molecule has 0 aliphatic rings. The molecule has 0 aliphatic heterocycles. The van der Waals surface area contributed by atoms with Gasteiger partial charge in [-0.2, -0.15) is 13.2 Å². The van der Waals surface area contributed by atoms with E-state index >= 15 is 0 Å². The van der Waals surface area contributed by atoms with E-state index < -0.39 is 11.7 Å². The van der Waals surface area contributed by atoms with E-state index in [-0.39, 0.29) is 17.8 Å². The maximum absolute atomic E-state index is 13.2. The van der Waals surface area contributed by atoms with Crippen LogP contribution < -0.4 is 4.74 Å². The highest BCUT2D eigenvalue weighted by atomic mass is 19.4. The molecular formula is C19H21F3O. The van der Waals surface area contributed by atoms with Crippen LogP contribution in [0.3, 0.4) is 0 Å². The van der Waals surface area contributed by atoms with E-state index in [2.05, 4.69) is 5.92 Å². The predicted octanol–water partition coefficient (Wildman–Crippen LogP) is 5.52. The minimum atomic E-state index is -4.47. The maximum Gasteiger partial charge on any atom is 0.419 e. The SMILES string of the molecule is C#C/C=C(\C=C/C)COc1cc(C(C)(C)C)ccc1C(F)(F)F. The Labute approximate surface area is 135 Å². The van der Waals surface area contributed by atoms with Crippen molar-refractivity contribution in [1.82, 2.24) is 0 Å². The van der Waals surface area contributed by atoms with Crippen LogP contribution in [0.5, 0.6) is 5.75 Å². The third kappa shape index (κ3) is 5.52. The topological polar surface area (TPSA) is 9.23 Å². The summed E-state index contributed by atoms with van der Waals surface area (Å²) in [4.78, 5) is 0. The molecule has 0 amide bonds. The second-order valence-electron chi connectivity index (χ2n) is 6.13. The summed E-state index contributed by atoms with van der Waals surface area (Å²) >= 11 is 0. The van der Waals surface area contributed by atoms with E-state index in [4.69, 9.17) is 11.2 Å². The van der Waals surface area contributed by atoms with Crippen molar-refractivity contribution in [3.05, 3.63) is 53.1 Å². The Morgan fingerprint density at radius 3 is 2.39 bits per heavy atom. The lowest BCUT2D eigenvalue weighted by atomic mass is 9.86. The van der Waals surface area contributed by atoms with Gasteiger partial charge < -0.3 is 4.74 Å². The molecule has 0 radical (unpaired) electrons. The van der Waals surface area contributed by atoms with Crippen molar-refractivity contribution >= 4 is 0 Å².